The van der Waals surface area contributed by atoms with Crippen LogP contribution >= 0.6 is 0 Å². The molecule has 0 spiro atoms. The smallest absolute Gasteiger partial charge is 0.248 e. The van der Waals surface area contributed by atoms with Crippen LogP contribution in [0.1, 0.15) is 10.5 Å². The van der Waals surface area contributed by atoms with E-state index in [1.54, 1.807) is 30.6 Å². The second-order valence-corrected chi connectivity index (χ2v) is 3.00. The highest BCUT2D eigenvalue weighted by Crippen LogP contribution is 2.18. The maximum absolute atomic E-state index is 11.0. The van der Waals surface area contributed by atoms with Gasteiger partial charge in [-0.25, -0.2) is 0 Å². The van der Waals surface area contributed by atoms with Crippen LogP contribution in [0.3, 0.4) is 0 Å². The molecule has 0 fully saturated rings. The number of carbonyl (C=O) groups is 1. The van der Waals surface area contributed by atoms with Crippen LogP contribution in [0, 0.1) is 0 Å². The first-order valence-electron chi connectivity index (χ1n) is 4.40. The zero-order valence-electron chi connectivity index (χ0n) is 7.81. The zero-order chi connectivity index (χ0) is 10.7. The molecule has 0 aliphatic heterocycles. The minimum absolute atomic E-state index is 0.282. The largest absolute Gasteiger partial charge is 0.319 e. The molecular weight excluding hydrogens is 192 g/mol. The SMILES string of the molecule is O=Cc1[nH]c(=O)ccc1-c1ccncc1. The van der Waals surface area contributed by atoms with Gasteiger partial charge in [0, 0.05) is 24.0 Å². The van der Waals surface area contributed by atoms with Crippen molar-refractivity contribution in [3.8, 4) is 11.1 Å². The Morgan fingerprint density at radius 1 is 1.13 bits per heavy atom. The Bertz CT molecular complexity index is 532. The summed E-state index contributed by atoms with van der Waals surface area (Å²) in [5.41, 5.74) is 1.55. The first kappa shape index (κ1) is 9.33. The van der Waals surface area contributed by atoms with Gasteiger partial charge in [0.15, 0.2) is 6.29 Å². The Hall–Kier alpha value is -2.23. The summed E-state index contributed by atoms with van der Waals surface area (Å²) in [5.74, 6) is 0. The van der Waals surface area contributed by atoms with Crippen LogP contribution in [0.4, 0.5) is 0 Å². The highest BCUT2D eigenvalue weighted by molar-refractivity contribution is 5.84. The quantitative estimate of drug-likeness (QED) is 0.742. The molecule has 2 heterocycles. The molecule has 0 aliphatic rings. The van der Waals surface area contributed by atoms with E-state index in [4.69, 9.17) is 0 Å². The number of hydrogen-bond donors (Lipinski definition) is 1. The number of aldehydes is 1. The van der Waals surface area contributed by atoms with E-state index < -0.39 is 0 Å². The van der Waals surface area contributed by atoms with Crippen LogP contribution in [0.25, 0.3) is 11.1 Å². The molecule has 0 atom stereocenters. The molecule has 0 bridgehead atoms. The molecule has 4 heteroatoms. The number of H-pyrrole nitrogens is 1. The van der Waals surface area contributed by atoms with Gasteiger partial charge in [-0.15, -0.1) is 0 Å². The van der Waals surface area contributed by atoms with Crippen molar-refractivity contribution in [2.45, 2.75) is 0 Å². The molecule has 0 radical (unpaired) electrons. The third-order valence-electron chi connectivity index (χ3n) is 2.06. The average Bonchev–Trinajstić information content (AvgIpc) is 2.30. The summed E-state index contributed by atoms with van der Waals surface area (Å²) >= 11 is 0. The molecule has 4 nitrogen and oxygen atoms in total. The Kier molecular flexibility index (Phi) is 2.41. The molecule has 0 unspecified atom stereocenters. The fraction of sp³-hybridized carbons (Fsp3) is 0. The lowest BCUT2D eigenvalue weighted by molar-refractivity contribution is 0.111. The summed E-state index contributed by atoms with van der Waals surface area (Å²) in [6, 6.07) is 6.57. The van der Waals surface area contributed by atoms with E-state index in [1.165, 1.54) is 6.07 Å². The van der Waals surface area contributed by atoms with E-state index in [2.05, 4.69) is 9.97 Å². The molecule has 74 valence electrons. The summed E-state index contributed by atoms with van der Waals surface area (Å²) in [4.78, 5) is 28.1. The predicted molar refractivity (Wildman–Crippen MR) is 55.7 cm³/mol. The molecule has 0 saturated carbocycles. The summed E-state index contributed by atoms with van der Waals surface area (Å²) in [5, 5.41) is 0. The lowest BCUT2D eigenvalue weighted by atomic mass is 10.1. The summed E-state index contributed by atoms with van der Waals surface area (Å²) < 4.78 is 0. The minimum Gasteiger partial charge on any atom is -0.319 e. The molecule has 2 aromatic heterocycles. The van der Waals surface area contributed by atoms with Crippen molar-refractivity contribution >= 4 is 6.29 Å². The van der Waals surface area contributed by atoms with E-state index >= 15 is 0 Å². The van der Waals surface area contributed by atoms with Crippen molar-refractivity contribution in [2.75, 3.05) is 0 Å². The lowest BCUT2D eigenvalue weighted by Gasteiger charge is -2.02. The molecule has 1 N–H and O–H groups in total. The van der Waals surface area contributed by atoms with Gasteiger partial charge in [0.25, 0.3) is 0 Å². The molecule has 0 aromatic carbocycles. The van der Waals surface area contributed by atoms with Gasteiger partial charge in [-0.1, -0.05) is 0 Å². The number of hydrogen-bond acceptors (Lipinski definition) is 3. The van der Waals surface area contributed by atoms with Gasteiger partial charge in [0.05, 0.1) is 5.69 Å². The topological polar surface area (TPSA) is 62.8 Å². The Morgan fingerprint density at radius 3 is 2.53 bits per heavy atom. The number of carbonyl (C=O) groups excluding carboxylic acids is 1. The second kappa shape index (κ2) is 3.88. The Labute approximate surface area is 85.6 Å². The summed E-state index contributed by atoms with van der Waals surface area (Å²) in [6.07, 6.45) is 3.90. The van der Waals surface area contributed by atoms with Crippen molar-refractivity contribution in [3.05, 3.63) is 52.7 Å². The monoisotopic (exact) mass is 200 g/mol. The van der Waals surface area contributed by atoms with E-state index in [9.17, 15) is 9.59 Å². The van der Waals surface area contributed by atoms with Crippen LogP contribution in [0.5, 0.6) is 0 Å². The van der Waals surface area contributed by atoms with Crippen LogP contribution in [-0.4, -0.2) is 16.3 Å². The highest BCUT2D eigenvalue weighted by Gasteiger charge is 2.04. The maximum atomic E-state index is 11.0. The first-order chi connectivity index (χ1) is 7.31. The second-order valence-electron chi connectivity index (χ2n) is 3.00. The van der Waals surface area contributed by atoms with E-state index in [1.807, 2.05) is 0 Å². The number of nitrogens with zero attached hydrogens (tertiary/aromatic N) is 1. The van der Waals surface area contributed by atoms with Gasteiger partial charge >= 0.3 is 0 Å². The molecular formula is C11H8N2O2. The van der Waals surface area contributed by atoms with Crippen molar-refractivity contribution in [1.82, 2.24) is 9.97 Å². The average molecular weight is 200 g/mol. The van der Waals surface area contributed by atoms with Crippen molar-refractivity contribution < 1.29 is 4.79 Å². The zero-order valence-corrected chi connectivity index (χ0v) is 7.81. The Balaban J connectivity index is 2.63. The molecule has 0 aliphatic carbocycles. The summed E-state index contributed by atoms with van der Waals surface area (Å²) in [6.45, 7) is 0. The number of aromatic nitrogens is 2. The number of rotatable bonds is 2. The van der Waals surface area contributed by atoms with Crippen molar-refractivity contribution in [2.24, 2.45) is 0 Å². The molecule has 0 saturated heterocycles. The third kappa shape index (κ3) is 1.83. The fourth-order valence-electron chi connectivity index (χ4n) is 1.37. The predicted octanol–water partition coefficient (Wildman–Crippen LogP) is 1.25. The van der Waals surface area contributed by atoms with Crippen molar-refractivity contribution in [1.29, 1.82) is 0 Å². The van der Waals surface area contributed by atoms with Gasteiger partial charge in [0.1, 0.15) is 0 Å². The summed E-state index contributed by atoms with van der Waals surface area (Å²) in [7, 11) is 0. The third-order valence-corrected chi connectivity index (χ3v) is 2.06. The molecule has 2 rings (SSSR count). The van der Waals surface area contributed by atoms with E-state index in [0.717, 1.165) is 5.56 Å². The number of aromatic amines is 1. The molecule has 15 heavy (non-hydrogen) atoms. The van der Waals surface area contributed by atoms with Crippen LogP contribution in [-0.2, 0) is 0 Å². The van der Waals surface area contributed by atoms with Gasteiger partial charge in [-0.3, -0.25) is 14.6 Å². The van der Waals surface area contributed by atoms with Crippen LogP contribution in [0.2, 0.25) is 0 Å². The number of pyridine rings is 2. The Morgan fingerprint density at radius 2 is 1.87 bits per heavy atom. The lowest BCUT2D eigenvalue weighted by Crippen LogP contribution is -2.07. The van der Waals surface area contributed by atoms with Crippen molar-refractivity contribution in [3.63, 3.8) is 0 Å². The van der Waals surface area contributed by atoms with E-state index in [-0.39, 0.29) is 11.3 Å². The van der Waals surface area contributed by atoms with Gasteiger partial charge in [-0.05, 0) is 23.8 Å². The maximum Gasteiger partial charge on any atom is 0.248 e. The van der Waals surface area contributed by atoms with E-state index in [0.29, 0.717) is 11.8 Å². The first-order valence-corrected chi connectivity index (χ1v) is 4.40. The van der Waals surface area contributed by atoms with Crippen LogP contribution in [0.15, 0.2) is 41.5 Å². The minimum atomic E-state index is -0.282. The highest BCUT2D eigenvalue weighted by atomic mass is 16.1. The normalized spacial score (nSPS) is 9.87. The van der Waals surface area contributed by atoms with Gasteiger partial charge < -0.3 is 4.98 Å². The van der Waals surface area contributed by atoms with Gasteiger partial charge in [0.2, 0.25) is 5.56 Å². The van der Waals surface area contributed by atoms with Gasteiger partial charge in [-0.2, -0.15) is 0 Å². The standard InChI is InChI=1S/C11H8N2O2/c14-7-10-9(1-2-11(15)13-10)8-3-5-12-6-4-8/h1-7H,(H,13,15). The molecule has 0 amide bonds. The van der Waals surface area contributed by atoms with Crippen LogP contribution < -0.4 is 5.56 Å². The fourth-order valence-corrected chi connectivity index (χ4v) is 1.37. The molecule has 2 aromatic rings. The number of nitrogens with one attached hydrogen (secondary N) is 1.